The van der Waals surface area contributed by atoms with Crippen LogP contribution in [-0.2, 0) is 0 Å². The molecule has 0 saturated carbocycles. The average molecular weight is 266 g/mol. The summed E-state index contributed by atoms with van der Waals surface area (Å²) in [6, 6.07) is 13.6. The number of anilines is 1. The van der Waals surface area contributed by atoms with Gasteiger partial charge in [0.25, 0.3) is 0 Å². The Hall–Kier alpha value is -2.82. The van der Waals surface area contributed by atoms with Crippen LogP contribution in [0, 0.1) is 0 Å². The molecular weight excluding hydrogens is 252 g/mol. The van der Waals surface area contributed by atoms with Crippen molar-refractivity contribution < 1.29 is 4.74 Å². The lowest BCUT2D eigenvalue weighted by Gasteiger charge is -2.05. The number of nitrogens with zero attached hydrogens (tertiary/aromatic N) is 3. The van der Waals surface area contributed by atoms with Gasteiger partial charge in [-0.1, -0.05) is 30.3 Å². The summed E-state index contributed by atoms with van der Waals surface area (Å²) in [4.78, 5) is 4.32. The number of benzene rings is 1. The van der Waals surface area contributed by atoms with E-state index in [0.717, 1.165) is 11.1 Å². The van der Waals surface area contributed by atoms with Crippen molar-refractivity contribution in [1.82, 2.24) is 14.8 Å². The van der Waals surface area contributed by atoms with Crippen LogP contribution in [0.5, 0.6) is 5.88 Å². The number of hydrogen-bond acceptors (Lipinski definition) is 4. The van der Waals surface area contributed by atoms with Crippen LogP contribution in [0.15, 0.2) is 54.9 Å². The van der Waals surface area contributed by atoms with Gasteiger partial charge in [-0.15, -0.1) is 0 Å². The van der Waals surface area contributed by atoms with Crippen molar-refractivity contribution in [1.29, 1.82) is 0 Å². The predicted molar refractivity (Wildman–Crippen MR) is 77.8 cm³/mol. The molecule has 1 aromatic carbocycles. The summed E-state index contributed by atoms with van der Waals surface area (Å²) in [5.74, 6) is 1.07. The highest BCUT2D eigenvalue weighted by Crippen LogP contribution is 2.22. The number of nitrogen functional groups attached to an aromatic ring is 1. The van der Waals surface area contributed by atoms with E-state index in [1.165, 1.54) is 0 Å². The maximum absolute atomic E-state index is 5.76. The molecule has 5 nitrogen and oxygen atoms in total. The van der Waals surface area contributed by atoms with Crippen molar-refractivity contribution >= 4 is 5.69 Å². The third kappa shape index (κ3) is 2.21. The van der Waals surface area contributed by atoms with E-state index in [9.17, 15) is 0 Å². The number of pyridine rings is 1. The molecule has 3 rings (SSSR count). The molecule has 0 aliphatic rings. The van der Waals surface area contributed by atoms with Gasteiger partial charge in [-0.3, -0.25) is 0 Å². The Labute approximate surface area is 116 Å². The van der Waals surface area contributed by atoms with Crippen LogP contribution >= 0.6 is 0 Å². The molecule has 2 heterocycles. The van der Waals surface area contributed by atoms with Gasteiger partial charge in [-0.2, -0.15) is 10.1 Å². The summed E-state index contributed by atoms with van der Waals surface area (Å²) >= 11 is 0. The maximum atomic E-state index is 5.76. The Morgan fingerprint density at radius 3 is 2.60 bits per heavy atom. The molecule has 0 radical (unpaired) electrons. The van der Waals surface area contributed by atoms with Crippen molar-refractivity contribution in [3.63, 3.8) is 0 Å². The summed E-state index contributed by atoms with van der Waals surface area (Å²) in [6.07, 6.45) is 3.73. The SMILES string of the molecule is COc1nc(-n2cc(-c3ccccc3)cn2)ccc1N. The van der Waals surface area contributed by atoms with E-state index in [2.05, 4.69) is 10.1 Å². The van der Waals surface area contributed by atoms with E-state index < -0.39 is 0 Å². The Bertz CT molecular complexity index is 722. The van der Waals surface area contributed by atoms with E-state index in [4.69, 9.17) is 10.5 Å². The van der Waals surface area contributed by atoms with Gasteiger partial charge < -0.3 is 10.5 Å². The largest absolute Gasteiger partial charge is 0.479 e. The standard InChI is InChI=1S/C15H14N4O/c1-20-15-13(16)7-8-14(18-15)19-10-12(9-17-19)11-5-3-2-4-6-11/h2-10H,16H2,1H3. The van der Waals surface area contributed by atoms with Crippen LogP contribution in [0.2, 0.25) is 0 Å². The van der Waals surface area contributed by atoms with Gasteiger partial charge in [-0.05, 0) is 17.7 Å². The molecule has 20 heavy (non-hydrogen) atoms. The molecule has 0 bridgehead atoms. The molecule has 0 atom stereocenters. The third-order valence-electron chi connectivity index (χ3n) is 2.99. The molecule has 5 heteroatoms. The molecule has 2 N–H and O–H groups in total. The quantitative estimate of drug-likeness (QED) is 0.791. The van der Waals surface area contributed by atoms with Gasteiger partial charge in [0.1, 0.15) is 0 Å². The number of aromatic nitrogens is 3. The molecule has 0 aliphatic carbocycles. The van der Waals surface area contributed by atoms with Crippen LogP contribution in [0.4, 0.5) is 5.69 Å². The molecular formula is C15H14N4O. The smallest absolute Gasteiger partial charge is 0.238 e. The molecule has 3 aromatic rings. The second-order valence-electron chi connectivity index (χ2n) is 4.31. The van der Waals surface area contributed by atoms with E-state index >= 15 is 0 Å². The summed E-state index contributed by atoms with van der Waals surface area (Å²) in [6.45, 7) is 0. The first-order chi connectivity index (χ1) is 9.78. The van der Waals surface area contributed by atoms with Crippen LogP contribution in [0.25, 0.3) is 16.9 Å². The Morgan fingerprint density at radius 1 is 1.05 bits per heavy atom. The zero-order valence-electron chi connectivity index (χ0n) is 11.0. The van der Waals surface area contributed by atoms with Crippen LogP contribution in [0.3, 0.4) is 0 Å². The first-order valence-corrected chi connectivity index (χ1v) is 6.19. The lowest BCUT2D eigenvalue weighted by atomic mass is 10.1. The van der Waals surface area contributed by atoms with Gasteiger partial charge in [0.2, 0.25) is 5.88 Å². The first-order valence-electron chi connectivity index (χ1n) is 6.19. The van der Waals surface area contributed by atoms with Crippen LogP contribution in [-0.4, -0.2) is 21.9 Å². The van der Waals surface area contributed by atoms with Gasteiger partial charge >= 0.3 is 0 Å². The summed E-state index contributed by atoms with van der Waals surface area (Å²) in [5, 5.41) is 4.33. The summed E-state index contributed by atoms with van der Waals surface area (Å²) in [5.41, 5.74) is 8.41. The van der Waals surface area contributed by atoms with Crippen molar-refractivity contribution in [2.24, 2.45) is 0 Å². The van der Waals surface area contributed by atoms with Gasteiger partial charge in [0, 0.05) is 11.8 Å². The number of rotatable bonds is 3. The zero-order chi connectivity index (χ0) is 13.9. The lowest BCUT2D eigenvalue weighted by molar-refractivity contribution is 0.399. The van der Waals surface area contributed by atoms with E-state index in [0.29, 0.717) is 17.4 Å². The van der Waals surface area contributed by atoms with Crippen LogP contribution < -0.4 is 10.5 Å². The fraction of sp³-hybridized carbons (Fsp3) is 0.0667. The van der Waals surface area contributed by atoms with Crippen molar-refractivity contribution in [2.75, 3.05) is 12.8 Å². The molecule has 0 spiro atoms. The van der Waals surface area contributed by atoms with Gasteiger partial charge in [0.05, 0.1) is 19.0 Å². The molecule has 0 saturated heterocycles. The van der Waals surface area contributed by atoms with E-state index in [1.807, 2.05) is 36.5 Å². The van der Waals surface area contributed by atoms with E-state index in [-0.39, 0.29) is 0 Å². The van der Waals surface area contributed by atoms with Crippen molar-refractivity contribution in [3.8, 4) is 22.8 Å². The van der Waals surface area contributed by atoms with Gasteiger partial charge in [-0.25, -0.2) is 4.68 Å². The topological polar surface area (TPSA) is 66.0 Å². The highest BCUT2D eigenvalue weighted by molar-refractivity contribution is 5.62. The van der Waals surface area contributed by atoms with Crippen molar-refractivity contribution in [2.45, 2.75) is 0 Å². The molecule has 2 aromatic heterocycles. The zero-order valence-corrected chi connectivity index (χ0v) is 11.0. The fourth-order valence-electron chi connectivity index (χ4n) is 1.96. The predicted octanol–water partition coefficient (Wildman–Crippen LogP) is 2.53. The highest BCUT2D eigenvalue weighted by atomic mass is 16.5. The average Bonchev–Trinajstić information content (AvgIpc) is 2.98. The van der Waals surface area contributed by atoms with Crippen molar-refractivity contribution in [3.05, 3.63) is 54.9 Å². The monoisotopic (exact) mass is 266 g/mol. The minimum absolute atomic E-state index is 0.402. The van der Waals surface area contributed by atoms with Gasteiger partial charge in [0.15, 0.2) is 5.82 Å². The maximum Gasteiger partial charge on any atom is 0.238 e. The number of hydrogen-bond donors (Lipinski definition) is 1. The molecule has 100 valence electrons. The number of ether oxygens (including phenoxy) is 1. The number of nitrogens with two attached hydrogens (primary N) is 1. The Kier molecular flexibility index (Phi) is 3.09. The highest BCUT2D eigenvalue weighted by Gasteiger charge is 2.07. The second-order valence-corrected chi connectivity index (χ2v) is 4.31. The Morgan fingerprint density at radius 2 is 1.85 bits per heavy atom. The van der Waals surface area contributed by atoms with E-state index in [1.54, 1.807) is 30.1 Å². The molecule has 0 amide bonds. The Balaban J connectivity index is 1.98. The normalized spacial score (nSPS) is 10.4. The minimum Gasteiger partial charge on any atom is -0.479 e. The number of methoxy groups -OCH3 is 1. The first kappa shape index (κ1) is 12.2. The summed E-state index contributed by atoms with van der Waals surface area (Å²) < 4.78 is 6.82. The fourth-order valence-corrected chi connectivity index (χ4v) is 1.96. The third-order valence-corrected chi connectivity index (χ3v) is 2.99. The molecule has 0 fully saturated rings. The molecule has 0 unspecified atom stereocenters. The van der Waals surface area contributed by atoms with Crippen LogP contribution in [0.1, 0.15) is 0 Å². The molecule has 0 aliphatic heterocycles. The minimum atomic E-state index is 0.402. The summed E-state index contributed by atoms with van der Waals surface area (Å²) in [7, 11) is 1.54. The lowest BCUT2D eigenvalue weighted by Crippen LogP contribution is -2.02. The second kappa shape index (κ2) is 5.05.